The first-order valence-electron chi connectivity index (χ1n) is 6.74. The predicted molar refractivity (Wildman–Crippen MR) is 68.9 cm³/mol. The first-order valence-corrected chi connectivity index (χ1v) is 6.74. The van der Waals surface area contributed by atoms with Crippen molar-refractivity contribution in [3.63, 3.8) is 0 Å². The highest BCUT2D eigenvalue weighted by atomic mass is 16.3. The quantitative estimate of drug-likeness (QED) is 0.802. The van der Waals surface area contributed by atoms with E-state index in [4.69, 9.17) is 0 Å². The monoisotopic (exact) mass is 231 g/mol. The fraction of sp³-hybridized carbons (Fsp3) is 0.600. The van der Waals surface area contributed by atoms with E-state index in [0.717, 1.165) is 24.9 Å². The van der Waals surface area contributed by atoms with Gasteiger partial charge in [0.15, 0.2) is 0 Å². The number of hydrogen-bond acceptors (Lipinski definition) is 2. The zero-order valence-corrected chi connectivity index (χ0v) is 10.5. The SMILES string of the molecule is Cc1cccc([C@@]2(O)CCN3CCCC[C@H]32)c1. The van der Waals surface area contributed by atoms with Crippen LogP contribution in [0.25, 0.3) is 0 Å². The van der Waals surface area contributed by atoms with Crippen LogP contribution in [0.4, 0.5) is 0 Å². The van der Waals surface area contributed by atoms with Gasteiger partial charge in [-0.3, -0.25) is 4.90 Å². The van der Waals surface area contributed by atoms with E-state index in [-0.39, 0.29) is 0 Å². The Morgan fingerprint density at radius 1 is 1.29 bits per heavy atom. The Morgan fingerprint density at radius 3 is 3.00 bits per heavy atom. The maximum absolute atomic E-state index is 11.0. The fourth-order valence-corrected chi connectivity index (χ4v) is 3.53. The summed E-state index contributed by atoms with van der Waals surface area (Å²) in [6.07, 6.45) is 4.58. The van der Waals surface area contributed by atoms with E-state index in [2.05, 4.69) is 36.1 Å². The summed E-state index contributed by atoms with van der Waals surface area (Å²) >= 11 is 0. The van der Waals surface area contributed by atoms with Gasteiger partial charge in [0.25, 0.3) is 0 Å². The summed E-state index contributed by atoms with van der Waals surface area (Å²) in [7, 11) is 0. The first-order chi connectivity index (χ1) is 8.20. The van der Waals surface area contributed by atoms with Crippen LogP contribution in [0.15, 0.2) is 24.3 Å². The molecule has 1 N–H and O–H groups in total. The first kappa shape index (κ1) is 11.2. The Morgan fingerprint density at radius 2 is 2.18 bits per heavy atom. The molecule has 1 aromatic rings. The zero-order valence-electron chi connectivity index (χ0n) is 10.5. The van der Waals surface area contributed by atoms with E-state index in [9.17, 15) is 5.11 Å². The van der Waals surface area contributed by atoms with Gasteiger partial charge in [0.1, 0.15) is 5.60 Å². The van der Waals surface area contributed by atoms with E-state index < -0.39 is 5.60 Å². The van der Waals surface area contributed by atoms with Crippen molar-refractivity contribution in [3.05, 3.63) is 35.4 Å². The van der Waals surface area contributed by atoms with Crippen LogP contribution in [-0.2, 0) is 5.60 Å². The van der Waals surface area contributed by atoms with Gasteiger partial charge in [0.2, 0.25) is 0 Å². The van der Waals surface area contributed by atoms with Gasteiger partial charge in [-0.05, 0) is 38.3 Å². The Labute approximate surface area is 103 Å². The fourth-order valence-electron chi connectivity index (χ4n) is 3.53. The highest BCUT2D eigenvalue weighted by molar-refractivity contribution is 5.30. The Hall–Kier alpha value is -0.860. The van der Waals surface area contributed by atoms with Crippen LogP contribution in [0.5, 0.6) is 0 Å². The van der Waals surface area contributed by atoms with Crippen molar-refractivity contribution in [2.24, 2.45) is 0 Å². The Kier molecular flexibility index (Phi) is 2.72. The lowest BCUT2D eigenvalue weighted by atomic mass is 9.82. The number of piperidine rings is 1. The van der Waals surface area contributed by atoms with Gasteiger partial charge >= 0.3 is 0 Å². The molecule has 2 atom stereocenters. The van der Waals surface area contributed by atoms with Gasteiger partial charge in [-0.1, -0.05) is 36.2 Å². The molecule has 2 heteroatoms. The molecular weight excluding hydrogens is 210 g/mol. The van der Waals surface area contributed by atoms with Crippen molar-refractivity contribution in [1.82, 2.24) is 4.90 Å². The number of fused-ring (bicyclic) bond motifs is 1. The minimum atomic E-state index is -0.605. The molecule has 2 aliphatic rings. The second kappa shape index (κ2) is 4.11. The van der Waals surface area contributed by atoms with E-state index in [1.165, 1.54) is 24.9 Å². The third kappa shape index (κ3) is 1.80. The summed E-state index contributed by atoms with van der Waals surface area (Å²) in [5.41, 5.74) is 1.75. The zero-order chi connectivity index (χ0) is 11.9. The normalized spacial score (nSPS) is 33.6. The summed E-state index contributed by atoms with van der Waals surface area (Å²) in [6, 6.07) is 8.75. The molecule has 0 radical (unpaired) electrons. The minimum Gasteiger partial charge on any atom is -0.383 e. The van der Waals surface area contributed by atoms with Crippen LogP contribution in [0.3, 0.4) is 0 Å². The molecule has 2 nitrogen and oxygen atoms in total. The topological polar surface area (TPSA) is 23.5 Å². The maximum atomic E-state index is 11.0. The van der Waals surface area contributed by atoms with E-state index in [1.54, 1.807) is 0 Å². The molecule has 0 spiro atoms. The van der Waals surface area contributed by atoms with Crippen LogP contribution in [-0.4, -0.2) is 29.1 Å². The van der Waals surface area contributed by atoms with Crippen LogP contribution in [0.1, 0.15) is 36.8 Å². The summed E-state index contributed by atoms with van der Waals surface area (Å²) in [5, 5.41) is 11.0. The molecule has 2 aliphatic heterocycles. The van der Waals surface area contributed by atoms with Crippen molar-refractivity contribution in [2.45, 2.75) is 44.2 Å². The molecule has 92 valence electrons. The molecular formula is C15H21NO. The Bertz CT molecular complexity index is 417. The number of nitrogens with zero attached hydrogens (tertiary/aromatic N) is 1. The standard InChI is InChI=1S/C15H21NO/c1-12-5-4-6-13(11-12)15(17)8-10-16-9-3-2-7-14(15)16/h4-6,11,14,17H,2-3,7-10H2,1H3/t14-,15-/m0/s1. The average molecular weight is 231 g/mol. The molecule has 2 fully saturated rings. The van der Waals surface area contributed by atoms with Crippen LogP contribution >= 0.6 is 0 Å². The average Bonchev–Trinajstić information content (AvgIpc) is 2.69. The summed E-state index contributed by atoms with van der Waals surface area (Å²) < 4.78 is 0. The van der Waals surface area contributed by atoms with Gasteiger partial charge in [-0.2, -0.15) is 0 Å². The molecule has 0 saturated carbocycles. The largest absolute Gasteiger partial charge is 0.383 e. The Balaban J connectivity index is 1.95. The smallest absolute Gasteiger partial charge is 0.106 e. The molecule has 0 aliphatic carbocycles. The lowest BCUT2D eigenvalue weighted by Gasteiger charge is -2.37. The van der Waals surface area contributed by atoms with Crippen molar-refractivity contribution in [3.8, 4) is 0 Å². The summed E-state index contributed by atoms with van der Waals surface area (Å²) in [6.45, 7) is 4.31. The molecule has 1 aromatic carbocycles. The van der Waals surface area contributed by atoms with Crippen molar-refractivity contribution in [1.29, 1.82) is 0 Å². The highest BCUT2D eigenvalue weighted by Crippen LogP contribution is 2.42. The third-order valence-corrected chi connectivity index (χ3v) is 4.46. The van der Waals surface area contributed by atoms with E-state index in [0.29, 0.717) is 6.04 Å². The van der Waals surface area contributed by atoms with Gasteiger partial charge in [-0.15, -0.1) is 0 Å². The molecule has 2 saturated heterocycles. The molecule has 3 rings (SSSR count). The number of aliphatic hydroxyl groups is 1. The van der Waals surface area contributed by atoms with Crippen LogP contribution < -0.4 is 0 Å². The van der Waals surface area contributed by atoms with Gasteiger partial charge < -0.3 is 5.11 Å². The van der Waals surface area contributed by atoms with Crippen LogP contribution in [0.2, 0.25) is 0 Å². The highest BCUT2D eigenvalue weighted by Gasteiger charge is 2.47. The van der Waals surface area contributed by atoms with Crippen molar-refractivity contribution in [2.75, 3.05) is 13.1 Å². The second-order valence-electron chi connectivity index (χ2n) is 5.59. The van der Waals surface area contributed by atoms with Gasteiger partial charge in [0, 0.05) is 12.6 Å². The van der Waals surface area contributed by atoms with E-state index in [1.807, 2.05) is 0 Å². The summed E-state index contributed by atoms with van der Waals surface area (Å²) in [5.74, 6) is 0. The number of hydrogen-bond donors (Lipinski definition) is 1. The lowest BCUT2D eigenvalue weighted by molar-refractivity contribution is -0.0138. The summed E-state index contributed by atoms with van der Waals surface area (Å²) in [4.78, 5) is 2.48. The number of benzene rings is 1. The van der Waals surface area contributed by atoms with Crippen molar-refractivity contribution < 1.29 is 5.11 Å². The third-order valence-electron chi connectivity index (χ3n) is 4.46. The predicted octanol–water partition coefficient (Wildman–Crippen LogP) is 2.44. The molecule has 17 heavy (non-hydrogen) atoms. The van der Waals surface area contributed by atoms with E-state index >= 15 is 0 Å². The van der Waals surface area contributed by atoms with Crippen LogP contribution in [0, 0.1) is 6.92 Å². The molecule has 2 heterocycles. The van der Waals surface area contributed by atoms with Gasteiger partial charge in [-0.25, -0.2) is 0 Å². The lowest BCUT2D eigenvalue weighted by Crippen LogP contribution is -2.45. The van der Waals surface area contributed by atoms with Gasteiger partial charge in [0.05, 0.1) is 0 Å². The number of rotatable bonds is 1. The minimum absolute atomic E-state index is 0.345. The molecule has 0 aromatic heterocycles. The number of aryl methyl sites for hydroxylation is 1. The molecule has 0 unspecified atom stereocenters. The maximum Gasteiger partial charge on any atom is 0.106 e. The molecule has 0 bridgehead atoms. The second-order valence-corrected chi connectivity index (χ2v) is 5.59. The van der Waals surface area contributed by atoms with Crippen molar-refractivity contribution >= 4 is 0 Å². The molecule has 0 amide bonds.